The first-order valence-electron chi connectivity index (χ1n) is 20.3. The van der Waals surface area contributed by atoms with Crippen molar-refractivity contribution in [3.05, 3.63) is 233 Å². The minimum absolute atomic E-state index is 0.0906. The van der Waals surface area contributed by atoms with Gasteiger partial charge in [-0.05, 0) is 92.4 Å². The molecule has 0 saturated heterocycles. The summed E-state index contributed by atoms with van der Waals surface area (Å²) in [6.07, 6.45) is 5.36. The minimum atomic E-state index is -0.230. The Kier molecular flexibility index (Phi) is 8.01. The molecule has 0 aromatic heterocycles. The van der Waals surface area contributed by atoms with E-state index in [0.717, 1.165) is 34.8 Å². The average molecular weight is 747 g/mol. The van der Waals surface area contributed by atoms with E-state index in [2.05, 4.69) is 188 Å². The van der Waals surface area contributed by atoms with Crippen molar-refractivity contribution in [2.75, 3.05) is 4.90 Å². The Morgan fingerprint density at radius 1 is 0.586 bits per heavy atom. The maximum Gasteiger partial charge on any atom is 0.159 e. The molecule has 1 N–H and O–H groups in total. The van der Waals surface area contributed by atoms with E-state index in [4.69, 9.17) is 9.98 Å². The van der Waals surface area contributed by atoms with Crippen LogP contribution in [0.5, 0.6) is 0 Å². The topological polar surface area (TPSA) is 40.0 Å². The largest absolute Gasteiger partial charge is 0.344 e. The number of amidine groups is 2. The Labute approximate surface area is 340 Å². The number of aliphatic imine (C=N–C) groups is 2. The number of hydrogen-bond donors (Lipinski definition) is 1. The smallest absolute Gasteiger partial charge is 0.159 e. The lowest BCUT2D eigenvalue weighted by Gasteiger charge is -2.26. The summed E-state index contributed by atoms with van der Waals surface area (Å²) < 4.78 is 0. The van der Waals surface area contributed by atoms with Gasteiger partial charge in [-0.1, -0.05) is 172 Å². The number of nitrogens with zero attached hydrogens (tertiary/aromatic N) is 3. The second kappa shape index (κ2) is 13.6. The number of para-hydroxylation sites is 1. The first-order chi connectivity index (χ1) is 28.5. The standard InChI is InChI=1S/C54H42N4/c1-54(2)47-24-13-12-21-43(47)44-23-14-22-42(50(44)54)40-30-32-49-46(34-40)45-33-39(29-31-48(45)58(49)41-19-10-5-11-20-41)35-25-27-38(28-26-35)53-56-51(36-15-6-3-7-16-36)55-52(57-53)37-17-8-4-9-18-37/h3-32,34,45,51H,33H2,1-2H3,(H,55,56,57). The maximum atomic E-state index is 5.05. The van der Waals surface area contributed by atoms with Crippen LogP contribution in [-0.2, 0) is 5.41 Å². The van der Waals surface area contributed by atoms with Gasteiger partial charge in [-0.25, -0.2) is 9.98 Å². The van der Waals surface area contributed by atoms with Crippen molar-refractivity contribution in [2.24, 2.45) is 9.98 Å². The van der Waals surface area contributed by atoms with E-state index in [-0.39, 0.29) is 17.5 Å². The van der Waals surface area contributed by atoms with E-state index in [9.17, 15) is 0 Å². The van der Waals surface area contributed by atoms with Gasteiger partial charge in [0, 0.05) is 39.5 Å². The number of rotatable bonds is 6. The second-order valence-electron chi connectivity index (χ2n) is 16.2. The Balaban J connectivity index is 0.947. The summed E-state index contributed by atoms with van der Waals surface area (Å²) in [4.78, 5) is 12.5. The lowest BCUT2D eigenvalue weighted by atomic mass is 9.78. The summed E-state index contributed by atoms with van der Waals surface area (Å²) in [7, 11) is 0. The molecule has 2 aliphatic carbocycles. The first kappa shape index (κ1) is 34.2. The highest BCUT2D eigenvalue weighted by Gasteiger charge is 2.39. The lowest BCUT2D eigenvalue weighted by molar-refractivity contribution is 0.662. The summed E-state index contributed by atoms with van der Waals surface area (Å²) in [6.45, 7) is 4.76. The molecule has 11 rings (SSSR count). The van der Waals surface area contributed by atoms with Gasteiger partial charge >= 0.3 is 0 Å². The summed E-state index contributed by atoms with van der Waals surface area (Å²) in [6, 6.07) is 63.3. The molecular weight excluding hydrogens is 705 g/mol. The SMILES string of the molecule is CC1(C)c2ccccc2-c2cccc(-c3ccc4c(c3)C3CC(c5ccc(C6=NC(c7ccccc7)=NC(c7ccccc7)N6)cc5)=CC=C3N4c3ccccc3)c21. The van der Waals surface area contributed by atoms with Crippen molar-refractivity contribution in [3.63, 3.8) is 0 Å². The van der Waals surface area contributed by atoms with Crippen LogP contribution in [0.2, 0.25) is 0 Å². The third-order valence-corrected chi connectivity index (χ3v) is 12.5. The van der Waals surface area contributed by atoms with Crippen LogP contribution in [0, 0.1) is 0 Å². The molecule has 2 atom stereocenters. The fourth-order valence-electron chi connectivity index (χ4n) is 9.67. The Morgan fingerprint density at radius 2 is 1.24 bits per heavy atom. The predicted molar refractivity (Wildman–Crippen MR) is 240 cm³/mol. The number of hydrogen-bond acceptors (Lipinski definition) is 4. The van der Waals surface area contributed by atoms with E-state index in [1.54, 1.807) is 0 Å². The summed E-state index contributed by atoms with van der Waals surface area (Å²) in [5.41, 5.74) is 18.9. The zero-order valence-corrected chi connectivity index (χ0v) is 32.6. The molecule has 4 nitrogen and oxygen atoms in total. The molecule has 7 aromatic carbocycles. The Hall–Kier alpha value is -7.04. The van der Waals surface area contributed by atoms with Crippen LogP contribution in [0.3, 0.4) is 0 Å². The zero-order valence-electron chi connectivity index (χ0n) is 32.6. The van der Waals surface area contributed by atoms with E-state index in [1.807, 2.05) is 24.3 Å². The van der Waals surface area contributed by atoms with Crippen LogP contribution in [-0.4, -0.2) is 11.7 Å². The highest BCUT2D eigenvalue weighted by molar-refractivity contribution is 6.13. The highest BCUT2D eigenvalue weighted by atomic mass is 15.2. The van der Waals surface area contributed by atoms with Gasteiger partial charge in [-0.2, -0.15) is 0 Å². The number of fused-ring (bicyclic) bond motifs is 6. The van der Waals surface area contributed by atoms with Crippen molar-refractivity contribution in [3.8, 4) is 22.3 Å². The predicted octanol–water partition coefficient (Wildman–Crippen LogP) is 12.8. The highest BCUT2D eigenvalue weighted by Crippen LogP contribution is 2.56. The number of nitrogens with one attached hydrogen (secondary N) is 1. The van der Waals surface area contributed by atoms with Crippen molar-refractivity contribution < 1.29 is 0 Å². The van der Waals surface area contributed by atoms with Gasteiger partial charge in [-0.3, -0.25) is 0 Å². The molecule has 4 aliphatic rings. The molecule has 0 fully saturated rings. The first-order valence-corrected chi connectivity index (χ1v) is 20.3. The molecular formula is C54H42N4. The maximum absolute atomic E-state index is 5.05. The fourth-order valence-corrected chi connectivity index (χ4v) is 9.67. The van der Waals surface area contributed by atoms with Crippen LogP contribution < -0.4 is 10.2 Å². The van der Waals surface area contributed by atoms with Gasteiger partial charge in [0.1, 0.15) is 12.0 Å². The number of allylic oxidation sites excluding steroid dienone is 4. The lowest BCUT2D eigenvalue weighted by Crippen LogP contribution is -2.33. The van der Waals surface area contributed by atoms with Crippen LogP contribution in [0.15, 0.2) is 204 Å². The number of benzene rings is 7. The number of anilines is 2. The van der Waals surface area contributed by atoms with E-state index in [1.165, 1.54) is 67.2 Å². The summed E-state index contributed by atoms with van der Waals surface area (Å²) in [5.74, 6) is 1.77. The van der Waals surface area contributed by atoms with Gasteiger partial charge in [0.25, 0.3) is 0 Å². The third-order valence-electron chi connectivity index (χ3n) is 12.5. The molecule has 0 radical (unpaired) electrons. The molecule has 58 heavy (non-hydrogen) atoms. The van der Waals surface area contributed by atoms with Crippen molar-refractivity contribution in [1.29, 1.82) is 0 Å². The average Bonchev–Trinajstić information content (AvgIpc) is 3.74. The van der Waals surface area contributed by atoms with Crippen LogP contribution in [0.4, 0.5) is 11.4 Å². The Morgan fingerprint density at radius 3 is 2.03 bits per heavy atom. The molecule has 0 spiro atoms. The van der Waals surface area contributed by atoms with E-state index in [0.29, 0.717) is 0 Å². The van der Waals surface area contributed by atoms with Crippen LogP contribution >= 0.6 is 0 Å². The third kappa shape index (κ3) is 5.59. The molecule has 2 unspecified atom stereocenters. The summed E-state index contributed by atoms with van der Waals surface area (Å²) in [5, 5.41) is 3.62. The van der Waals surface area contributed by atoms with Crippen molar-refractivity contribution in [2.45, 2.75) is 37.8 Å². The molecule has 0 bridgehead atoms. The van der Waals surface area contributed by atoms with Gasteiger partial charge in [0.05, 0.1) is 0 Å². The van der Waals surface area contributed by atoms with Crippen LogP contribution in [0.1, 0.15) is 71.3 Å². The molecule has 0 saturated carbocycles. The van der Waals surface area contributed by atoms with Crippen molar-refractivity contribution in [1.82, 2.24) is 5.32 Å². The van der Waals surface area contributed by atoms with Gasteiger partial charge < -0.3 is 10.2 Å². The molecule has 278 valence electrons. The second-order valence-corrected chi connectivity index (χ2v) is 16.2. The van der Waals surface area contributed by atoms with Crippen LogP contribution in [0.25, 0.3) is 27.8 Å². The molecule has 7 aromatic rings. The van der Waals surface area contributed by atoms with Gasteiger partial charge in [0.15, 0.2) is 5.84 Å². The van der Waals surface area contributed by atoms with E-state index >= 15 is 0 Å². The van der Waals surface area contributed by atoms with Crippen molar-refractivity contribution >= 4 is 28.6 Å². The quantitative estimate of drug-likeness (QED) is 0.184. The molecule has 4 heteroatoms. The Bertz CT molecular complexity index is 2850. The minimum Gasteiger partial charge on any atom is -0.344 e. The monoisotopic (exact) mass is 746 g/mol. The summed E-state index contributed by atoms with van der Waals surface area (Å²) >= 11 is 0. The molecule has 0 amide bonds. The fraction of sp³-hybridized carbons (Fsp3) is 0.111. The van der Waals surface area contributed by atoms with Gasteiger partial charge in [0.2, 0.25) is 0 Å². The molecule has 2 heterocycles. The normalized spacial score (nSPS) is 18.4. The zero-order chi connectivity index (χ0) is 38.8. The van der Waals surface area contributed by atoms with E-state index < -0.39 is 0 Å². The molecule has 2 aliphatic heterocycles. The van der Waals surface area contributed by atoms with Gasteiger partial charge in [-0.15, -0.1) is 0 Å².